The summed E-state index contributed by atoms with van der Waals surface area (Å²) in [6.45, 7) is 4.90. The minimum absolute atomic E-state index is 0.132. The van der Waals surface area contributed by atoms with Gasteiger partial charge in [-0.2, -0.15) is 10.1 Å². The third-order valence-corrected chi connectivity index (χ3v) is 7.94. The van der Waals surface area contributed by atoms with Gasteiger partial charge in [0.05, 0.1) is 17.0 Å². The monoisotopic (exact) mass is 457 g/mol. The van der Waals surface area contributed by atoms with E-state index in [9.17, 15) is 19.2 Å². The Hall–Kier alpha value is -3.15. The molecule has 3 N–H and O–H groups in total. The fraction of sp³-hybridized carbons (Fsp3) is 0.500. The number of amides is 3. The van der Waals surface area contributed by atoms with Crippen LogP contribution in [-0.4, -0.2) is 77.7 Å². The molecule has 11 nitrogen and oxygen atoms in total. The Bertz CT molecular complexity index is 1240. The van der Waals surface area contributed by atoms with Crippen molar-refractivity contribution >= 4 is 40.2 Å². The first-order valence-corrected chi connectivity index (χ1v) is 11.3. The number of aliphatic imine (C=N–C) groups is 1. The van der Waals surface area contributed by atoms with Crippen LogP contribution in [0, 0.1) is 12.8 Å². The van der Waals surface area contributed by atoms with Crippen LogP contribution >= 0.6 is 11.8 Å². The maximum Gasteiger partial charge on any atom is 0.275 e. The van der Waals surface area contributed by atoms with Crippen molar-refractivity contribution in [1.82, 2.24) is 24.4 Å². The van der Waals surface area contributed by atoms with Gasteiger partial charge in [-0.1, -0.05) is 18.7 Å². The van der Waals surface area contributed by atoms with Gasteiger partial charge >= 0.3 is 0 Å². The molecule has 32 heavy (non-hydrogen) atoms. The molecule has 2 saturated heterocycles. The Balaban J connectivity index is 1.33. The highest BCUT2D eigenvalue weighted by Gasteiger charge is 2.55. The van der Waals surface area contributed by atoms with Crippen LogP contribution in [-0.2, 0) is 9.59 Å². The largest absolute Gasteiger partial charge is 0.378 e. The summed E-state index contributed by atoms with van der Waals surface area (Å²) in [6, 6.07) is 0. The number of amidine groups is 1. The van der Waals surface area contributed by atoms with Crippen molar-refractivity contribution in [3.8, 4) is 0 Å². The molecule has 168 valence electrons. The SMILES string of the molecule is Cc1c(C(=O)N2CCCC23CN(C(=O)C(C)C2SC(N)=NC2=O)C3)cn2nc[nH]c(=O)c12. The Labute approximate surface area is 187 Å². The first-order chi connectivity index (χ1) is 15.2. The molecule has 2 aromatic heterocycles. The zero-order chi connectivity index (χ0) is 22.8. The second kappa shape index (κ2) is 7.19. The van der Waals surface area contributed by atoms with Crippen molar-refractivity contribution in [2.75, 3.05) is 19.6 Å². The van der Waals surface area contributed by atoms with E-state index in [2.05, 4.69) is 15.1 Å². The van der Waals surface area contributed by atoms with E-state index in [0.29, 0.717) is 36.3 Å². The van der Waals surface area contributed by atoms with Crippen molar-refractivity contribution in [3.63, 3.8) is 0 Å². The molecule has 2 aromatic rings. The number of H-pyrrole nitrogens is 1. The molecule has 0 radical (unpaired) electrons. The summed E-state index contributed by atoms with van der Waals surface area (Å²) in [5.41, 5.74) is 6.28. The lowest BCUT2D eigenvalue weighted by Gasteiger charge is -2.53. The Morgan fingerprint density at radius 3 is 2.75 bits per heavy atom. The van der Waals surface area contributed by atoms with E-state index in [1.807, 2.05) is 4.90 Å². The molecule has 0 bridgehead atoms. The molecular formula is C20H23N7O4S. The highest BCUT2D eigenvalue weighted by Crippen LogP contribution is 2.40. The van der Waals surface area contributed by atoms with Gasteiger partial charge in [-0.15, -0.1) is 0 Å². The third-order valence-electron chi connectivity index (χ3n) is 6.74. The normalized spacial score (nSPS) is 23.0. The predicted octanol–water partition coefficient (Wildman–Crippen LogP) is -0.259. The number of likely N-dealkylation sites (tertiary alicyclic amines) is 2. The van der Waals surface area contributed by atoms with Gasteiger partial charge in [0.1, 0.15) is 17.1 Å². The molecule has 3 aliphatic rings. The van der Waals surface area contributed by atoms with Gasteiger partial charge in [-0.05, 0) is 25.3 Å². The number of aryl methyl sites for hydroxylation is 1. The van der Waals surface area contributed by atoms with Gasteiger partial charge in [-0.25, -0.2) is 4.52 Å². The molecule has 0 aliphatic carbocycles. The molecule has 2 atom stereocenters. The molecule has 0 aromatic carbocycles. The van der Waals surface area contributed by atoms with Crippen LogP contribution in [0.4, 0.5) is 0 Å². The number of rotatable bonds is 3. The van der Waals surface area contributed by atoms with Crippen molar-refractivity contribution < 1.29 is 14.4 Å². The van der Waals surface area contributed by atoms with Gasteiger partial charge < -0.3 is 20.5 Å². The number of hydrogen-bond acceptors (Lipinski definition) is 7. The number of fused-ring (bicyclic) bond motifs is 1. The average Bonchev–Trinajstić information content (AvgIpc) is 3.41. The zero-order valence-corrected chi connectivity index (χ0v) is 18.5. The van der Waals surface area contributed by atoms with Gasteiger partial charge in [0.2, 0.25) is 5.91 Å². The van der Waals surface area contributed by atoms with Gasteiger partial charge in [0, 0.05) is 25.8 Å². The Morgan fingerprint density at radius 2 is 2.09 bits per heavy atom. The maximum atomic E-state index is 13.4. The van der Waals surface area contributed by atoms with Crippen LogP contribution in [0.25, 0.3) is 5.52 Å². The van der Waals surface area contributed by atoms with Crippen LogP contribution in [0.3, 0.4) is 0 Å². The number of thioether (sulfide) groups is 1. The standard InChI is InChI=1S/C20H23N7O4S/c1-10-12(6-27-13(10)15(28)22-9-23-27)18(31)26-5-3-4-20(26)7-25(8-20)17(30)11(2)14-16(29)24-19(21)32-14/h6,9,11,14H,3-5,7-8H2,1-2H3,(H2,21,24,29)(H,22,23,28). The van der Waals surface area contributed by atoms with E-state index in [1.54, 1.807) is 24.9 Å². The lowest BCUT2D eigenvalue weighted by atomic mass is 9.85. The summed E-state index contributed by atoms with van der Waals surface area (Å²) in [7, 11) is 0. The molecule has 0 saturated carbocycles. The van der Waals surface area contributed by atoms with Crippen molar-refractivity contribution in [2.24, 2.45) is 16.6 Å². The molecule has 3 amide bonds. The van der Waals surface area contributed by atoms with E-state index in [-0.39, 0.29) is 28.4 Å². The molecule has 2 fully saturated rings. The molecule has 5 heterocycles. The lowest BCUT2D eigenvalue weighted by Crippen LogP contribution is -2.70. The molecule has 12 heteroatoms. The number of nitrogens with one attached hydrogen (secondary N) is 1. The van der Waals surface area contributed by atoms with Crippen molar-refractivity contribution in [2.45, 2.75) is 37.5 Å². The van der Waals surface area contributed by atoms with E-state index >= 15 is 0 Å². The first-order valence-electron chi connectivity index (χ1n) is 10.4. The Morgan fingerprint density at radius 1 is 1.34 bits per heavy atom. The van der Waals surface area contributed by atoms with E-state index in [0.717, 1.165) is 24.6 Å². The van der Waals surface area contributed by atoms with Gasteiger partial charge in [0.25, 0.3) is 17.4 Å². The minimum Gasteiger partial charge on any atom is -0.378 e. The van der Waals surface area contributed by atoms with Crippen molar-refractivity contribution in [3.05, 3.63) is 34.0 Å². The number of carbonyl (C=O) groups excluding carboxylic acids is 3. The number of aromatic nitrogens is 3. The summed E-state index contributed by atoms with van der Waals surface area (Å²) < 4.78 is 1.42. The topological polar surface area (TPSA) is 146 Å². The summed E-state index contributed by atoms with van der Waals surface area (Å²) in [5, 5.41) is 3.69. The summed E-state index contributed by atoms with van der Waals surface area (Å²) >= 11 is 1.12. The molecule has 5 rings (SSSR count). The fourth-order valence-electron chi connectivity index (χ4n) is 5.04. The average molecular weight is 458 g/mol. The van der Waals surface area contributed by atoms with Crippen LogP contribution in [0.5, 0.6) is 0 Å². The summed E-state index contributed by atoms with van der Waals surface area (Å²) in [5.74, 6) is -1.21. The van der Waals surface area contributed by atoms with Gasteiger partial charge in [0.15, 0.2) is 5.17 Å². The quantitative estimate of drug-likeness (QED) is 0.646. The molecule has 3 aliphatic heterocycles. The second-order valence-corrected chi connectivity index (χ2v) is 9.84. The van der Waals surface area contributed by atoms with Crippen LogP contribution in [0.1, 0.15) is 35.7 Å². The molecule has 2 unspecified atom stereocenters. The van der Waals surface area contributed by atoms with Crippen LogP contribution in [0.15, 0.2) is 22.3 Å². The Kier molecular flexibility index (Phi) is 4.66. The third kappa shape index (κ3) is 2.96. The zero-order valence-electron chi connectivity index (χ0n) is 17.7. The van der Waals surface area contributed by atoms with Crippen LogP contribution < -0.4 is 11.3 Å². The van der Waals surface area contributed by atoms with E-state index in [4.69, 9.17) is 5.73 Å². The number of aromatic amines is 1. The van der Waals surface area contributed by atoms with Crippen LogP contribution in [0.2, 0.25) is 0 Å². The first kappa shape index (κ1) is 20.7. The fourth-order valence-corrected chi connectivity index (χ4v) is 5.92. The number of carbonyl (C=O) groups is 3. The van der Waals surface area contributed by atoms with Crippen molar-refractivity contribution in [1.29, 1.82) is 0 Å². The summed E-state index contributed by atoms with van der Waals surface area (Å²) in [6.07, 6.45) is 4.53. The minimum atomic E-state index is -0.595. The number of nitrogens with two attached hydrogens (primary N) is 1. The summed E-state index contributed by atoms with van der Waals surface area (Å²) in [4.78, 5) is 60.4. The smallest absolute Gasteiger partial charge is 0.275 e. The lowest BCUT2D eigenvalue weighted by molar-refractivity contribution is -0.147. The number of nitrogens with zero attached hydrogens (tertiary/aromatic N) is 5. The number of hydrogen-bond donors (Lipinski definition) is 2. The molecule has 1 spiro atoms. The predicted molar refractivity (Wildman–Crippen MR) is 117 cm³/mol. The maximum absolute atomic E-state index is 13.4. The van der Waals surface area contributed by atoms with Gasteiger partial charge in [-0.3, -0.25) is 19.2 Å². The van der Waals surface area contributed by atoms with E-state index < -0.39 is 16.7 Å². The molecular weight excluding hydrogens is 434 g/mol. The second-order valence-electron chi connectivity index (χ2n) is 8.67. The highest BCUT2D eigenvalue weighted by atomic mass is 32.2. The highest BCUT2D eigenvalue weighted by molar-refractivity contribution is 8.15. The van der Waals surface area contributed by atoms with E-state index in [1.165, 1.54) is 10.8 Å².